The van der Waals surface area contributed by atoms with E-state index in [-0.39, 0.29) is 5.91 Å². The summed E-state index contributed by atoms with van der Waals surface area (Å²) in [6, 6.07) is 7.91. The van der Waals surface area contributed by atoms with E-state index in [1.807, 2.05) is 36.2 Å². The number of hydrogen-bond donors (Lipinski definition) is 1. The molecule has 1 aromatic carbocycles. The highest BCUT2D eigenvalue weighted by Gasteiger charge is 2.22. The van der Waals surface area contributed by atoms with Crippen LogP contribution in [-0.2, 0) is 7.05 Å². The summed E-state index contributed by atoms with van der Waals surface area (Å²) in [5.41, 5.74) is 2.57. The maximum absolute atomic E-state index is 12.6. The molecule has 0 radical (unpaired) electrons. The summed E-state index contributed by atoms with van der Waals surface area (Å²) in [5.74, 6) is 0.00394. The fraction of sp³-hybridized carbons (Fsp3) is 0.286. The minimum atomic E-state index is 0.00394. The zero-order valence-corrected chi connectivity index (χ0v) is 10.8. The molecule has 0 spiro atoms. The van der Waals surface area contributed by atoms with Crippen molar-refractivity contribution >= 4 is 17.3 Å². The fourth-order valence-corrected chi connectivity index (χ4v) is 2.34. The topological polar surface area (TPSA) is 50.2 Å². The van der Waals surface area contributed by atoms with Gasteiger partial charge in [0.1, 0.15) is 0 Å². The Kier molecular flexibility index (Phi) is 2.95. The van der Waals surface area contributed by atoms with Crippen LogP contribution in [0.2, 0.25) is 0 Å². The molecule has 0 saturated carbocycles. The third-order valence-electron chi connectivity index (χ3n) is 3.27. The molecule has 2 aromatic rings. The number of fused-ring (bicyclic) bond motifs is 1. The number of para-hydroxylation sites is 2. The lowest BCUT2D eigenvalue weighted by Crippen LogP contribution is -2.31. The molecule has 0 bridgehead atoms. The van der Waals surface area contributed by atoms with Gasteiger partial charge in [-0.25, -0.2) is 0 Å². The largest absolute Gasteiger partial charge is 0.383 e. The summed E-state index contributed by atoms with van der Waals surface area (Å²) >= 11 is 0. The number of nitrogens with zero attached hydrogens (tertiary/aromatic N) is 3. The second kappa shape index (κ2) is 4.76. The first-order valence-corrected chi connectivity index (χ1v) is 6.39. The molecular formula is C14H16N4O. The van der Waals surface area contributed by atoms with Crippen LogP contribution in [0.3, 0.4) is 0 Å². The Labute approximate surface area is 111 Å². The summed E-state index contributed by atoms with van der Waals surface area (Å²) < 4.78 is 1.65. The highest BCUT2D eigenvalue weighted by molar-refractivity contribution is 6.07. The number of carbonyl (C=O) groups excluding carboxylic acids is 1. The Morgan fingerprint density at radius 1 is 1.37 bits per heavy atom. The van der Waals surface area contributed by atoms with Crippen LogP contribution in [0.4, 0.5) is 11.4 Å². The van der Waals surface area contributed by atoms with Crippen LogP contribution in [0.25, 0.3) is 0 Å². The van der Waals surface area contributed by atoms with Gasteiger partial charge in [0, 0.05) is 26.3 Å². The van der Waals surface area contributed by atoms with Crippen LogP contribution in [0.1, 0.15) is 16.8 Å². The summed E-state index contributed by atoms with van der Waals surface area (Å²) in [5, 5.41) is 7.42. The Morgan fingerprint density at radius 2 is 2.21 bits per heavy atom. The third-order valence-corrected chi connectivity index (χ3v) is 3.27. The van der Waals surface area contributed by atoms with Crippen molar-refractivity contribution in [1.82, 2.24) is 9.78 Å². The zero-order chi connectivity index (χ0) is 13.2. The van der Waals surface area contributed by atoms with Gasteiger partial charge in [0.2, 0.25) is 0 Å². The predicted octanol–water partition coefficient (Wildman–Crippen LogP) is 1.88. The number of amides is 1. The van der Waals surface area contributed by atoms with Crippen molar-refractivity contribution in [2.45, 2.75) is 6.42 Å². The lowest BCUT2D eigenvalue weighted by molar-refractivity contribution is 0.0987. The first kappa shape index (κ1) is 11.8. The molecule has 0 saturated heterocycles. The van der Waals surface area contributed by atoms with Crippen molar-refractivity contribution in [3.8, 4) is 0 Å². The van der Waals surface area contributed by atoms with E-state index in [9.17, 15) is 4.79 Å². The van der Waals surface area contributed by atoms with Crippen LogP contribution in [0.15, 0.2) is 36.7 Å². The Hall–Kier alpha value is -2.30. The van der Waals surface area contributed by atoms with Gasteiger partial charge < -0.3 is 10.2 Å². The average Bonchev–Trinajstić information content (AvgIpc) is 2.74. The molecule has 0 unspecified atom stereocenters. The van der Waals surface area contributed by atoms with E-state index >= 15 is 0 Å². The summed E-state index contributed by atoms with van der Waals surface area (Å²) in [7, 11) is 1.81. The number of anilines is 2. The van der Waals surface area contributed by atoms with Gasteiger partial charge >= 0.3 is 0 Å². The average molecular weight is 256 g/mol. The number of hydrogen-bond acceptors (Lipinski definition) is 3. The van der Waals surface area contributed by atoms with Crippen molar-refractivity contribution in [3.05, 3.63) is 42.2 Å². The van der Waals surface area contributed by atoms with Crippen LogP contribution < -0.4 is 10.2 Å². The molecule has 2 heterocycles. The minimum Gasteiger partial charge on any atom is -0.383 e. The van der Waals surface area contributed by atoms with Gasteiger partial charge in [0.15, 0.2) is 0 Å². The monoisotopic (exact) mass is 256 g/mol. The molecule has 19 heavy (non-hydrogen) atoms. The number of aromatic nitrogens is 2. The smallest absolute Gasteiger partial charge is 0.261 e. The van der Waals surface area contributed by atoms with Crippen molar-refractivity contribution in [2.75, 3.05) is 23.3 Å². The first-order chi connectivity index (χ1) is 9.25. The molecule has 5 heteroatoms. The Morgan fingerprint density at radius 3 is 3.00 bits per heavy atom. The van der Waals surface area contributed by atoms with E-state index < -0.39 is 0 Å². The molecule has 1 aromatic heterocycles. The molecule has 1 N–H and O–H groups in total. The molecule has 1 aliphatic heterocycles. The van der Waals surface area contributed by atoms with Crippen molar-refractivity contribution in [3.63, 3.8) is 0 Å². The van der Waals surface area contributed by atoms with Crippen LogP contribution in [0, 0.1) is 0 Å². The van der Waals surface area contributed by atoms with E-state index in [1.165, 1.54) is 0 Å². The van der Waals surface area contributed by atoms with E-state index in [0.717, 1.165) is 30.9 Å². The van der Waals surface area contributed by atoms with Crippen LogP contribution in [-0.4, -0.2) is 28.8 Å². The molecular weight excluding hydrogens is 240 g/mol. The molecule has 5 nitrogen and oxygen atoms in total. The van der Waals surface area contributed by atoms with Crippen LogP contribution in [0.5, 0.6) is 0 Å². The number of benzene rings is 1. The predicted molar refractivity (Wildman–Crippen MR) is 74.4 cm³/mol. The van der Waals surface area contributed by atoms with Gasteiger partial charge in [0.25, 0.3) is 5.91 Å². The lowest BCUT2D eigenvalue weighted by atomic mass is 10.2. The fourth-order valence-electron chi connectivity index (χ4n) is 2.34. The molecule has 0 atom stereocenters. The summed E-state index contributed by atoms with van der Waals surface area (Å²) in [6.07, 6.45) is 4.30. The number of carbonyl (C=O) groups is 1. The normalized spacial score (nSPS) is 14.5. The minimum absolute atomic E-state index is 0.00394. The number of nitrogens with one attached hydrogen (secondary N) is 1. The Balaban J connectivity index is 1.98. The van der Waals surface area contributed by atoms with Crippen molar-refractivity contribution in [1.29, 1.82) is 0 Å². The van der Waals surface area contributed by atoms with E-state index in [1.54, 1.807) is 17.1 Å². The number of aryl methyl sites for hydroxylation is 1. The maximum Gasteiger partial charge on any atom is 0.261 e. The van der Waals surface area contributed by atoms with Crippen molar-refractivity contribution < 1.29 is 4.79 Å². The van der Waals surface area contributed by atoms with Gasteiger partial charge in [-0.2, -0.15) is 5.10 Å². The highest BCUT2D eigenvalue weighted by atomic mass is 16.2. The lowest BCUT2D eigenvalue weighted by Gasteiger charge is -2.21. The molecule has 1 amide bonds. The Bertz CT molecular complexity index is 605. The van der Waals surface area contributed by atoms with Gasteiger partial charge in [-0.3, -0.25) is 9.48 Å². The van der Waals surface area contributed by atoms with Crippen molar-refractivity contribution in [2.24, 2.45) is 7.05 Å². The second-order valence-electron chi connectivity index (χ2n) is 4.66. The maximum atomic E-state index is 12.6. The number of rotatable bonds is 1. The first-order valence-electron chi connectivity index (χ1n) is 6.39. The van der Waals surface area contributed by atoms with E-state index in [4.69, 9.17) is 0 Å². The molecule has 3 rings (SSSR count). The van der Waals surface area contributed by atoms with Gasteiger partial charge in [0.05, 0.1) is 23.1 Å². The summed E-state index contributed by atoms with van der Waals surface area (Å²) in [4.78, 5) is 14.4. The van der Waals surface area contributed by atoms with E-state index in [0.29, 0.717) is 5.56 Å². The molecule has 0 fully saturated rings. The molecule has 98 valence electrons. The summed E-state index contributed by atoms with van der Waals surface area (Å²) in [6.45, 7) is 1.60. The van der Waals surface area contributed by atoms with Gasteiger partial charge in [-0.15, -0.1) is 0 Å². The zero-order valence-electron chi connectivity index (χ0n) is 10.8. The highest BCUT2D eigenvalue weighted by Crippen LogP contribution is 2.29. The third kappa shape index (κ3) is 2.19. The quantitative estimate of drug-likeness (QED) is 0.847. The van der Waals surface area contributed by atoms with Gasteiger partial charge in [-0.1, -0.05) is 12.1 Å². The van der Waals surface area contributed by atoms with Gasteiger partial charge in [-0.05, 0) is 18.6 Å². The molecule has 0 aliphatic carbocycles. The molecule has 1 aliphatic rings. The van der Waals surface area contributed by atoms with E-state index in [2.05, 4.69) is 10.4 Å². The standard InChI is InChI=1S/C14H16N4O/c1-17-10-11(9-16-17)14(19)18-8-4-7-15-12-5-2-3-6-13(12)18/h2-3,5-6,9-10,15H,4,7-8H2,1H3. The second-order valence-corrected chi connectivity index (χ2v) is 4.66. The van der Waals surface area contributed by atoms with Crippen LogP contribution >= 0.6 is 0 Å². The SMILES string of the molecule is Cn1cc(C(=O)N2CCCNc3ccccc32)cn1.